The molecule has 0 N–H and O–H groups in total. The molecule has 1 aromatic heterocycles. The third kappa shape index (κ3) is 2.16. The molecular weight excluding hydrogens is 260 g/mol. The topological polar surface area (TPSA) is 83.1 Å². The molecule has 0 spiro atoms. The second-order valence-corrected chi connectivity index (χ2v) is 4.22. The molecule has 7 heteroatoms. The van der Waals surface area contributed by atoms with Crippen LogP contribution in [0.2, 0.25) is 0 Å². The Kier molecular flexibility index (Phi) is 2.79. The van der Waals surface area contributed by atoms with Crippen molar-refractivity contribution in [3.63, 3.8) is 0 Å². The molecule has 0 saturated carbocycles. The number of aryl methyl sites for hydroxylation is 1. The number of hydrogen-bond donors (Lipinski definition) is 0. The highest BCUT2D eigenvalue weighted by Gasteiger charge is 2.07. The van der Waals surface area contributed by atoms with Gasteiger partial charge in [-0.1, -0.05) is 5.21 Å². The van der Waals surface area contributed by atoms with E-state index in [1.807, 2.05) is 13.1 Å². The fourth-order valence-electron chi connectivity index (χ4n) is 1.86. The lowest BCUT2D eigenvalue weighted by atomic mass is 10.3. The fourth-order valence-corrected chi connectivity index (χ4v) is 1.86. The first-order valence-electron chi connectivity index (χ1n) is 5.85. The number of nitrogens with zero attached hydrogens (tertiary/aromatic N) is 4. The van der Waals surface area contributed by atoms with Crippen LogP contribution in [-0.2, 0) is 7.05 Å². The zero-order valence-electron chi connectivity index (χ0n) is 10.6. The lowest BCUT2D eigenvalue weighted by Gasteiger charge is -2.05. The van der Waals surface area contributed by atoms with E-state index < -0.39 is 4.92 Å². The summed E-state index contributed by atoms with van der Waals surface area (Å²) in [6, 6.07) is 11.3. The third-order valence-corrected chi connectivity index (χ3v) is 2.87. The van der Waals surface area contributed by atoms with E-state index in [-0.39, 0.29) is 5.69 Å². The predicted molar refractivity (Wildman–Crippen MR) is 71.7 cm³/mol. The summed E-state index contributed by atoms with van der Waals surface area (Å²) in [6.07, 6.45) is 0. The number of hydrogen-bond acceptors (Lipinski definition) is 5. The predicted octanol–water partition coefficient (Wildman–Crippen LogP) is 2.67. The zero-order chi connectivity index (χ0) is 14.1. The number of non-ortho nitro benzene ring substituents is 1. The quantitative estimate of drug-likeness (QED) is 0.539. The highest BCUT2D eigenvalue weighted by atomic mass is 16.6. The Morgan fingerprint density at radius 2 is 1.85 bits per heavy atom. The monoisotopic (exact) mass is 270 g/mol. The van der Waals surface area contributed by atoms with Gasteiger partial charge < -0.3 is 4.74 Å². The maximum Gasteiger partial charge on any atom is 0.269 e. The summed E-state index contributed by atoms with van der Waals surface area (Å²) in [5.41, 5.74) is 1.66. The van der Waals surface area contributed by atoms with Crippen molar-refractivity contribution in [1.29, 1.82) is 0 Å². The number of aromatic nitrogens is 3. The van der Waals surface area contributed by atoms with Crippen molar-refractivity contribution >= 4 is 16.7 Å². The Morgan fingerprint density at radius 3 is 2.55 bits per heavy atom. The minimum absolute atomic E-state index is 0.0294. The molecule has 0 bridgehead atoms. The average Bonchev–Trinajstić information content (AvgIpc) is 2.81. The van der Waals surface area contributed by atoms with Crippen LogP contribution in [0.1, 0.15) is 0 Å². The Morgan fingerprint density at radius 1 is 1.15 bits per heavy atom. The number of benzene rings is 2. The first kappa shape index (κ1) is 12.1. The van der Waals surface area contributed by atoms with Crippen LogP contribution in [0.4, 0.5) is 5.69 Å². The average molecular weight is 270 g/mol. The molecule has 3 aromatic rings. The molecule has 7 nitrogen and oxygen atoms in total. The molecule has 0 unspecified atom stereocenters. The third-order valence-electron chi connectivity index (χ3n) is 2.87. The van der Waals surface area contributed by atoms with E-state index in [1.165, 1.54) is 12.1 Å². The summed E-state index contributed by atoms with van der Waals surface area (Å²) in [4.78, 5) is 10.1. The maximum atomic E-state index is 10.6. The lowest BCUT2D eigenvalue weighted by Crippen LogP contribution is -1.90. The van der Waals surface area contributed by atoms with Crippen molar-refractivity contribution in [2.45, 2.75) is 0 Å². The van der Waals surface area contributed by atoms with Crippen molar-refractivity contribution in [3.8, 4) is 11.5 Å². The van der Waals surface area contributed by atoms with Gasteiger partial charge in [0, 0.05) is 25.2 Å². The van der Waals surface area contributed by atoms with Gasteiger partial charge in [0.1, 0.15) is 17.0 Å². The van der Waals surface area contributed by atoms with Gasteiger partial charge in [-0.15, -0.1) is 5.10 Å². The zero-order valence-corrected chi connectivity index (χ0v) is 10.6. The first-order chi connectivity index (χ1) is 9.63. The highest BCUT2D eigenvalue weighted by Crippen LogP contribution is 2.25. The van der Waals surface area contributed by atoms with E-state index in [9.17, 15) is 10.1 Å². The number of nitro groups is 1. The summed E-state index contributed by atoms with van der Waals surface area (Å²) in [7, 11) is 1.81. The van der Waals surface area contributed by atoms with Crippen LogP contribution in [0.25, 0.3) is 11.0 Å². The maximum absolute atomic E-state index is 10.6. The van der Waals surface area contributed by atoms with E-state index in [1.54, 1.807) is 28.9 Å². The molecule has 20 heavy (non-hydrogen) atoms. The van der Waals surface area contributed by atoms with E-state index in [2.05, 4.69) is 10.3 Å². The molecule has 0 atom stereocenters. The number of rotatable bonds is 3. The van der Waals surface area contributed by atoms with Gasteiger partial charge in [-0.3, -0.25) is 10.1 Å². The summed E-state index contributed by atoms with van der Waals surface area (Å²) in [5, 5.41) is 18.5. The van der Waals surface area contributed by atoms with Gasteiger partial charge in [-0.25, -0.2) is 4.68 Å². The number of ether oxygens (including phenoxy) is 1. The number of fused-ring (bicyclic) bond motifs is 1. The van der Waals surface area contributed by atoms with Crippen molar-refractivity contribution in [2.24, 2.45) is 7.05 Å². The van der Waals surface area contributed by atoms with Crippen molar-refractivity contribution in [3.05, 3.63) is 52.6 Å². The Labute approximate surface area is 113 Å². The van der Waals surface area contributed by atoms with Crippen LogP contribution in [0.5, 0.6) is 11.5 Å². The minimum Gasteiger partial charge on any atom is -0.457 e. The molecule has 0 radical (unpaired) electrons. The molecule has 0 amide bonds. The fraction of sp³-hybridized carbons (Fsp3) is 0.0769. The largest absolute Gasteiger partial charge is 0.457 e. The molecule has 0 saturated heterocycles. The van der Waals surface area contributed by atoms with Crippen molar-refractivity contribution < 1.29 is 9.66 Å². The van der Waals surface area contributed by atoms with Crippen molar-refractivity contribution in [1.82, 2.24) is 15.0 Å². The van der Waals surface area contributed by atoms with Gasteiger partial charge in [0.25, 0.3) is 5.69 Å². The van der Waals surface area contributed by atoms with Gasteiger partial charge in [0.15, 0.2) is 0 Å². The molecule has 2 aromatic carbocycles. The molecular formula is C13H10N4O3. The summed E-state index contributed by atoms with van der Waals surface area (Å²) >= 11 is 0. The van der Waals surface area contributed by atoms with Crippen LogP contribution in [-0.4, -0.2) is 19.9 Å². The molecule has 0 aliphatic carbocycles. The van der Waals surface area contributed by atoms with E-state index in [0.29, 0.717) is 11.5 Å². The Hall–Kier alpha value is -2.96. The van der Waals surface area contributed by atoms with Gasteiger partial charge >= 0.3 is 0 Å². The molecule has 0 fully saturated rings. The van der Waals surface area contributed by atoms with Gasteiger partial charge in [0.05, 0.1) is 10.4 Å². The number of nitro benzene ring substituents is 1. The lowest BCUT2D eigenvalue weighted by molar-refractivity contribution is -0.384. The summed E-state index contributed by atoms with van der Waals surface area (Å²) in [5.74, 6) is 1.13. The van der Waals surface area contributed by atoms with Gasteiger partial charge in [0.2, 0.25) is 0 Å². The van der Waals surface area contributed by atoms with Gasteiger partial charge in [-0.2, -0.15) is 0 Å². The Bertz CT molecular complexity index is 780. The van der Waals surface area contributed by atoms with E-state index >= 15 is 0 Å². The second kappa shape index (κ2) is 4.61. The van der Waals surface area contributed by atoms with E-state index in [0.717, 1.165) is 11.0 Å². The Balaban J connectivity index is 1.86. The summed E-state index contributed by atoms with van der Waals surface area (Å²) < 4.78 is 7.30. The van der Waals surface area contributed by atoms with Gasteiger partial charge in [-0.05, 0) is 24.3 Å². The second-order valence-electron chi connectivity index (χ2n) is 4.22. The minimum atomic E-state index is -0.449. The van der Waals surface area contributed by atoms with Crippen LogP contribution in [0, 0.1) is 10.1 Å². The normalized spacial score (nSPS) is 10.7. The smallest absolute Gasteiger partial charge is 0.269 e. The molecule has 1 heterocycles. The molecule has 0 aliphatic rings. The van der Waals surface area contributed by atoms with Crippen molar-refractivity contribution in [2.75, 3.05) is 0 Å². The summed E-state index contributed by atoms with van der Waals surface area (Å²) in [6.45, 7) is 0. The SMILES string of the molecule is Cn1nnc2cc(Oc3ccc([N+](=O)[O-])cc3)ccc21. The first-order valence-corrected chi connectivity index (χ1v) is 5.85. The van der Waals surface area contributed by atoms with Crippen LogP contribution in [0.3, 0.4) is 0 Å². The van der Waals surface area contributed by atoms with E-state index in [4.69, 9.17) is 4.74 Å². The molecule has 3 rings (SSSR count). The van der Waals surface area contributed by atoms with Crippen LogP contribution in [0.15, 0.2) is 42.5 Å². The molecule has 100 valence electrons. The highest BCUT2D eigenvalue weighted by molar-refractivity contribution is 5.76. The molecule has 0 aliphatic heterocycles. The van der Waals surface area contributed by atoms with Crippen LogP contribution < -0.4 is 4.74 Å². The van der Waals surface area contributed by atoms with Crippen LogP contribution >= 0.6 is 0 Å². The standard InChI is InChI=1S/C13H10N4O3/c1-16-13-7-6-11(8-12(13)14-15-16)20-10-4-2-9(3-5-10)17(18)19/h2-8H,1H3.